The molecule has 6 nitrogen and oxygen atoms in total. The number of nitrogens with one attached hydrogen (secondary N) is 1. The van der Waals surface area contributed by atoms with Crippen LogP contribution in [-0.2, 0) is 12.8 Å². The predicted molar refractivity (Wildman–Crippen MR) is 90.2 cm³/mol. The molecule has 3 aromatic heterocycles. The van der Waals surface area contributed by atoms with E-state index in [0.29, 0.717) is 6.04 Å². The van der Waals surface area contributed by atoms with E-state index >= 15 is 0 Å². The maximum absolute atomic E-state index is 4.92. The fourth-order valence-corrected chi connectivity index (χ4v) is 4.83. The molecule has 0 radical (unpaired) electrons. The van der Waals surface area contributed by atoms with E-state index in [1.807, 2.05) is 17.6 Å². The number of hydrogen-bond acceptors (Lipinski definition) is 5. The molecular formula is C16H20N6S. The van der Waals surface area contributed by atoms with Crippen molar-refractivity contribution in [3.63, 3.8) is 0 Å². The van der Waals surface area contributed by atoms with Crippen LogP contribution < -0.4 is 4.90 Å². The van der Waals surface area contributed by atoms with Gasteiger partial charge in [0.15, 0.2) is 0 Å². The molecule has 0 amide bonds. The molecule has 0 aromatic carbocycles. The largest absolute Gasteiger partial charge is 0.344 e. The second kappa shape index (κ2) is 5.06. The molecule has 0 bridgehead atoms. The number of aromatic amines is 1. The average Bonchev–Trinajstić information content (AvgIpc) is 3.27. The number of imidazole rings is 2. The van der Waals surface area contributed by atoms with Crippen molar-refractivity contribution in [2.45, 2.75) is 51.5 Å². The third-order valence-electron chi connectivity index (χ3n) is 4.94. The van der Waals surface area contributed by atoms with Gasteiger partial charge < -0.3 is 9.88 Å². The molecule has 4 heterocycles. The van der Waals surface area contributed by atoms with E-state index in [0.717, 1.165) is 47.4 Å². The van der Waals surface area contributed by atoms with Gasteiger partial charge in [-0.25, -0.2) is 14.5 Å². The van der Waals surface area contributed by atoms with E-state index in [1.54, 1.807) is 11.3 Å². The predicted octanol–water partition coefficient (Wildman–Crippen LogP) is 3.04. The first-order chi connectivity index (χ1) is 11.3. The van der Waals surface area contributed by atoms with Gasteiger partial charge >= 0.3 is 0 Å². The first kappa shape index (κ1) is 13.5. The number of nitrogens with zero attached hydrogens (tertiary/aromatic N) is 5. The molecule has 7 heteroatoms. The van der Waals surface area contributed by atoms with Crippen molar-refractivity contribution in [3.8, 4) is 0 Å². The van der Waals surface area contributed by atoms with E-state index in [9.17, 15) is 0 Å². The van der Waals surface area contributed by atoms with Crippen molar-refractivity contribution in [3.05, 3.63) is 29.1 Å². The highest BCUT2D eigenvalue weighted by atomic mass is 32.1. The molecule has 1 atom stereocenters. The Morgan fingerprint density at radius 1 is 1.22 bits per heavy atom. The lowest BCUT2D eigenvalue weighted by molar-refractivity contribution is 0.667. The second-order valence-corrected chi connectivity index (χ2v) is 7.53. The minimum Gasteiger partial charge on any atom is -0.344 e. The average molecular weight is 328 g/mol. The van der Waals surface area contributed by atoms with Gasteiger partial charge in [-0.3, -0.25) is 0 Å². The van der Waals surface area contributed by atoms with Crippen molar-refractivity contribution in [1.29, 1.82) is 0 Å². The molecule has 1 N–H and O–H groups in total. The van der Waals surface area contributed by atoms with Crippen LogP contribution in [0.4, 0.5) is 5.13 Å². The summed E-state index contributed by atoms with van der Waals surface area (Å²) in [6.07, 6.45) is 9.17. The highest BCUT2D eigenvalue weighted by molar-refractivity contribution is 7.20. The standard InChI is InChI=1S/C16H20N6S/c1-10-9-22-15(17-10)23-16(20-22)21-8-4-7-13(21)14-18-11-5-2-3-6-12(11)19-14/h9,13H,2-8H2,1H3,(H,18,19). The molecule has 5 rings (SSSR count). The van der Waals surface area contributed by atoms with Gasteiger partial charge in [-0.1, -0.05) is 11.3 Å². The van der Waals surface area contributed by atoms with E-state index in [4.69, 9.17) is 10.1 Å². The lowest BCUT2D eigenvalue weighted by Gasteiger charge is -2.21. The van der Waals surface area contributed by atoms with Crippen LogP contribution in [0.3, 0.4) is 0 Å². The van der Waals surface area contributed by atoms with Crippen LogP contribution in [0, 0.1) is 6.92 Å². The summed E-state index contributed by atoms with van der Waals surface area (Å²) in [4.78, 5) is 16.4. The molecule has 1 fully saturated rings. The Labute approximate surface area is 138 Å². The van der Waals surface area contributed by atoms with Gasteiger partial charge in [0.1, 0.15) is 5.82 Å². The maximum atomic E-state index is 4.92. The number of aromatic nitrogens is 5. The zero-order valence-electron chi connectivity index (χ0n) is 13.2. The minimum atomic E-state index is 0.331. The SMILES string of the molecule is Cc1cn2nc(N3CCCC3c3nc4c([nH]3)CCCC4)sc2n1. The highest BCUT2D eigenvalue weighted by Gasteiger charge is 2.32. The van der Waals surface area contributed by atoms with Gasteiger partial charge in [0.25, 0.3) is 0 Å². The van der Waals surface area contributed by atoms with Gasteiger partial charge in [0.2, 0.25) is 10.1 Å². The monoisotopic (exact) mass is 328 g/mol. The lowest BCUT2D eigenvalue weighted by Crippen LogP contribution is -2.23. The molecule has 23 heavy (non-hydrogen) atoms. The Morgan fingerprint density at radius 2 is 2.13 bits per heavy atom. The summed E-state index contributed by atoms with van der Waals surface area (Å²) in [7, 11) is 0. The van der Waals surface area contributed by atoms with Crippen LogP contribution in [0.1, 0.15) is 54.6 Å². The quantitative estimate of drug-likeness (QED) is 0.785. The van der Waals surface area contributed by atoms with Crippen molar-refractivity contribution in [2.75, 3.05) is 11.4 Å². The molecule has 1 unspecified atom stereocenters. The van der Waals surface area contributed by atoms with Crippen LogP contribution in [0.25, 0.3) is 4.96 Å². The minimum absolute atomic E-state index is 0.331. The fraction of sp³-hybridized carbons (Fsp3) is 0.562. The van der Waals surface area contributed by atoms with Crippen LogP contribution in [0.5, 0.6) is 0 Å². The Bertz CT molecular complexity index is 804. The van der Waals surface area contributed by atoms with Crippen molar-refractivity contribution in [1.82, 2.24) is 24.6 Å². The van der Waals surface area contributed by atoms with Crippen molar-refractivity contribution >= 4 is 21.4 Å². The van der Waals surface area contributed by atoms with Gasteiger partial charge in [-0.15, -0.1) is 5.10 Å². The molecule has 0 saturated carbocycles. The number of aryl methyl sites for hydroxylation is 3. The summed E-state index contributed by atoms with van der Waals surface area (Å²) in [5.74, 6) is 1.14. The topological polar surface area (TPSA) is 62.1 Å². The number of anilines is 1. The third-order valence-corrected chi connectivity index (χ3v) is 5.90. The Morgan fingerprint density at radius 3 is 3.00 bits per heavy atom. The van der Waals surface area contributed by atoms with E-state index in [2.05, 4.69) is 14.9 Å². The third kappa shape index (κ3) is 2.17. The van der Waals surface area contributed by atoms with Gasteiger partial charge in [0.05, 0.1) is 23.6 Å². The Kier molecular flexibility index (Phi) is 2.98. The summed E-state index contributed by atoms with van der Waals surface area (Å²) in [6, 6.07) is 0.331. The zero-order valence-corrected chi connectivity index (χ0v) is 14.1. The van der Waals surface area contributed by atoms with Gasteiger partial charge in [-0.05, 0) is 45.4 Å². The maximum Gasteiger partial charge on any atom is 0.214 e. The first-order valence-corrected chi connectivity index (χ1v) is 9.27. The van der Waals surface area contributed by atoms with Crippen molar-refractivity contribution < 1.29 is 0 Å². The molecule has 0 spiro atoms. The number of fused-ring (bicyclic) bond motifs is 2. The van der Waals surface area contributed by atoms with E-state index in [-0.39, 0.29) is 0 Å². The van der Waals surface area contributed by atoms with Gasteiger partial charge in [-0.2, -0.15) is 0 Å². The van der Waals surface area contributed by atoms with Crippen LogP contribution in [-0.4, -0.2) is 31.1 Å². The van der Waals surface area contributed by atoms with Crippen LogP contribution in [0.15, 0.2) is 6.20 Å². The summed E-state index contributed by atoms with van der Waals surface area (Å²) in [5, 5.41) is 5.79. The molecule has 2 aliphatic rings. The number of hydrogen-bond donors (Lipinski definition) is 1. The highest BCUT2D eigenvalue weighted by Crippen LogP contribution is 2.37. The van der Waals surface area contributed by atoms with Crippen LogP contribution in [0.2, 0.25) is 0 Å². The smallest absolute Gasteiger partial charge is 0.214 e. The summed E-state index contributed by atoms with van der Waals surface area (Å²) < 4.78 is 1.90. The first-order valence-electron chi connectivity index (χ1n) is 8.45. The Hall–Kier alpha value is -1.89. The van der Waals surface area contributed by atoms with E-state index < -0.39 is 0 Å². The van der Waals surface area contributed by atoms with Crippen molar-refractivity contribution in [2.24, 2.45) is 0 Å². The normalized spacial score (nSPS) is 21.3. The summed E-state index contributed by atoms with van der Waals surface area (Å²) in [5.41, 5.74) is 3.68. The van der Waals surface area contributed by atoms with E-state index in [1.165, 1.54) is 30.7 Å². The fourth-order valence-electron chi connectivity index (χ4n) is 3.83. The summed E-state index contributed by atoms with van der Waals surface area (Å²) in [6.45, 7) is 3.05. The zero-order chi connectivity index (χ0) is 15.4. The molecular weight excluding hydrogens is 308 g/mol. The summed E-state index contributed by atoms with van der Waals surface area (Å²) >= 11 is 1.67. The van der Waals surface area contributed by atoms with Crippen LogP contribution >= 0.6 is 11.3 Å². The molecule has 3 aromatic rings. The molecule has 1 aliphatic carbocycles. The molecule has 1 aliphatic heterocycles. The van der Waals surface area contributed by atoms with Gasteiger partial charge in [0, 0.05) is 12.2 Å². The number of H-pyrrole nitrogens is 1. The molecule has 1 saturated heterocycles. The number of rotatable bonds is 2. The lowest BCUT2D eigenvalue weighted by atomic mass is 10.0. The molecule has 120 valence electrons. The Balaban J connectivity index is 1.49. The second-order valence-electron chi connectivity index (χ2n) is 6.60.